The summed E-state index contributed by atoms with van der Waals surface area (Å²) in [5.41, 5.74) is 0.786. The summed E-state index contributed by atoms with van der Waals surface area (Å²) in [6, 6.07) is 4.72. The number of nitrogens with one attached hydrogen (secondary N) is 1. The van der Waals surface area contributed by atoms with E-state index in [2.05, 4.69) is 15.4 Å². The van der Waals surface area contributed by atoms with Gasteiger partial charge in [0.15, 0.2) is 5.69 Å². The molecule has 0 spiro atoms. The zero-order chi connectivity index (χ0) is 12.4. The molecule has 1 N–H and O–H groups in total. The van der Waals surface area contributed by atoms with Crippen LogP contribution in [0.15, 0.2) is 24.4 Å². The molecule has 0 saturated carbocycles. The normalized spacial score (nSPS) is 10.3. The SMILES string of the molecule is Cn1nc(C(=O)Nc2ccc(Cl)nc2)cc1Cl. The first-order chi connectivity index (χ1) is 8.06. The van der Waals surface area contributed by atoms with E-state index in [0.717, 1.165) is 0 Å². The Balaban J connectivity index is 2.14. The second kappa shape index (κ2) is 4.73. The molecule has 2 rings (SSSR count). The first kappa shape index (κ1) is 11.9. The Morgan fingerprint density at radius 1 is 1.41 bits per heavy atom. The van der Waals surface area contributed by atoms with Crippen LogP contribution in [0.5, 0.6) is 0 Å². The first-order valence-electron chi connectivity index (χ1n) is 4.69. The number of carbonyl (C=O) groups is 1. The standard InChI is InChI=1S/C10H8Cl2N4O/c1-16-9(12)4-7(15-16)10(17)14-6-2-3-8(11)13-5-6/h2-5H,1H3,(H,14,17). The van der Waals surface area contributed by atoms with Crippen LogP contribution < -0.4 is 5.32 Å². The highest BCUT2D eigenvalue weighted by atomic mass is 35.5. The highest BCUT2D eigenvalue weighted by Crippen LogP contribution is 2.13. The van der Waals surface area contributed by atoms with Crippen molar-refractivity contribution >= 4 is 34.8 Å². The van der Waals surface area contributed by atoms with Gasteiger partial charge in [-0.1, -0.05) is 23.2 Å². The molecular formula is C10H8Cl2N4O. The van der Waals surface area contributed by atoms with E-state index in [-0.39, 0.29) is 11.6 Å². The number of anilines is 1. The van der Waals surface area contributed by atoms with Crippen LogP contribution in [0.3, 0.4) is 0 Å². The predicted octanol–water partition coefficient (Wildman–Crippen LogP) is 2.37. The van der Waals surface area contributed by atoms with Gasteiger partial charge in [-0.25, -0.2) is 4.98 Å². The molecule has 0 aliphatic heterocycles. The fraction of sp³-hybridized carbons (Fsp3) is 0.100. The average Bonchev–Trinajstić information content (AvgIpc) is 2.63. The van der Waals surface area contributed by atoms with Crippen LogP contribution in [0.2, 0.25) is 10.3 Å². The molecule has 0 atom stereocenters. The number of nitrogens with zero attached hydrogens (tertiary/aromatic N) is 3. The zero-order valence-electron chi connectivity index (χ0n) is 8.82. The number of aryl methyl sites for hydroxylation is 1. The molecule has 1 amide bonds. The van der Waals surface area contributed by atoms with Crippen LogP contribution in [0.25, 0.3) is 0 Å². The largest absolute Gasteiger partial charge is 0.319 e. The van der Waals surface area contributed by atoms with Crippen molar-refractivity contribution in [1.82, 2.24) is 14.8 Å². The maximum absolute atomic E-state index is 11.8. The van der Waals surface area contributed by atoms with Crippen molar-refractivity contribution < 1.29 is 4.79 Å². The van der Waals surface area contributed by atoms with E-state index < -0.39 is 0 Å². The Kier molecular flexibility index (Phi) is 3.31. The van der Waals surface area contributed by atoms with Crippen molar-refractivity contribution in [2.75, 3.05) is 5.32 Å². The van der Waals surface area contributed by atoms with E-state index >= 15 is 0 Å². The molecule has 0 bridgehead atoms. The lowest BCUT2D eigenvalue weighted by Gasteiger charge is -2.01. The summed E-state index contributed by atoms with van der Waals surface area (Å²) in [5, 5.41) is 7.34. The minimum absolute atomic E-state index is 0.243. The van der Waals surface area contributed by atoms with Gasteiger partial charge in [0.2, 0.25) is 0 Å². The van der Waals surface area contributed by atoms with Gasteiger partial charge in [0.1, 0.15) is 10.3 Å². The second-order valence-corrected chi connectivity index (χ2v) is 4.07. The number of hydrogen-bond donors (Lipinski definition) is 1. The minimum atomic E-state index is -0.350. The number of carbonyl (C=O) groups excluding carboxylic acids is 1. The molecule has 2 aromatic heterocycles. The molecule has 2 aromatic rings. The van der Waals surface area contributed by atoms with E-state index in [0.29, 0.717) is 16.0 Å². The maximum atomic E-state index is 11.8. The van der Waals surface area contributed by atoms with Gasteiger partial charge in [0.05, 0.1) is 11.9 Å². The molecular weight excluding hydrogens is 263 g/mol. The summed E-state index contributed by atoms with van der Waals surface area (Å²) in [6.45, 7) is 0. The van der Waals surface area contributed by atoms with E-state index in [1.807, 2.05) is 0 Å². The summed E-state index contributed by atoms with van der Waals surface area (Å²) in [7, 11) is 1.66. The lowest BCUT2D eigenvalue weighted by atomic mass is 10.3. The Labute approximate surface area is 107 Å². The lowest BCUT2D eigenvalue weighted by Crippen LogP contribution is -2.13. The van der Waals surface area contributed by atoms with Crippen LogP contribution in [0.1, 0.15) is 10.5 Å². The zero-order valence-corrected chi connectivity index (χ0v) is 10.3. The molecule has 88 valence electrons. The number of aromatic nitrogens is 3. The Morgan fingerprint density at radius 3 is 2.71 bits per heavy atom. The summed E-state index contributed by atoms with van der Waals surface area (Å²) in [4.78, 5) is 15.6. The molecule has 7 heteroatoms. The average molecular weight is 271 g/mol. The van der Waals surface area contributed by atoms with Gasteiger partial charge >= 0.3 is 0 Å². The minimum Gasteiger partial charge on any atom is -0.319 e. The van der Waals surface area contributed by atoms with Gasteiger partial charge in [-0.3, -0.25) is 9.48 Å². The van der Waals surface area contributed by atoms with Crippen molar-refractivity contribution in [2.24, 2.45) is 7.05 Å². The van der Waals surface area contributed by atoms with Crippen molar-refractivity contribution in [3.63, 3.8) is 0 Å². The van der Waals surface area contributed by atoms with Crippen LogP contribution in [-0.4, -0.2) is 20.7 Å². The molecule has 0 fully saturated rings. The third kappa shape index (κ3) is 2.75. The van der Waals surface area contributed by atoms with E-state index in [9.17, 15) is 4.79 Å². The Bertz CT molecular complexity index is 530. The molecule has 0 aliphatic carbocycles. The first-order valence-corrected chi connectivity index (χ1v) is 5.44. The molecule has 0 saturated heterocycles. The number of pyridine rings is 1. The number of halogens is 2. The van der Waals surface area contributed by atoms with Gasteiger partial charge in [0, 0.05) is 13.1 Å². The van der Waals surface area contributed by atoms with Crippen LogP contribution >= 0.6 is 23.2 Å². The molecule has 0 aliphatic rings. The van der Waals surface area contributed by atoms with Crippen molar-refractivity contribution in [1.29, 1.82) is 0 Å². The van der Waals surface area contributed by atoms with E-state index in [1.165, 1.54) is 16.9 Å². The van der Waals surface area contributed by atoms with Crippen molar-refractivity contribution in [3.05, 3.63) is 40.4 Å². The Morgan fingerprint density at radius 2 is 2.18 bits per heavy atom. The second-order valence-electron chi connectivity index (χ2n) is 3.30. The molecule has 17 heavy (non-hydrogen) atoms. The van der Waals surface area contributed by atoms with Gasteiger partial charge in [0.25, 0.3) is 5.91 Å². The molecule has 0 radical (unpaired) electrons. The van der Waals surface area contributed by atoms with Gasteiger partial charge in [-0.2, -0.15) is 5.10 Å². The monoisotopic (exact) mass is 270 g/mol. The number of hydrogen-bond acceptors (Lipinski definition) is 3. The molecule has 0 unspecified atom stereocenters. The van der Waals surface area contributed by atoms with Gasteiger partial charge in [-0.05, 0) is 12.1 Å². The van der Waals surface area contributed by atoms with Crippen LogP contribution in [-0.2, 0) is 7.05 Å². The van der Waals surface area contributed by atoms with Gasteiger partial charge < -0.3 is 5.32 Å². The smallest absolute Gasteiger partial charge is 0.276 e. The number of rotatable bonds is 2. The van der Waals surface area contributed by atoms with E-state index in [4.69, 9.17) is 23.2 Å². The summed E-state index contributed by atoms with van der Waals surface area (Å²) >= 11 is 11.4. The fourth-order valence-corrected chi connectivity index (χ4v) is 1.45. The maximum Gasteiger partial charge on any atom is 0.276 e. The number of amides is 1. The third-order valence-electron chi connectivity index (χ3n) is 2.04. The van der Waals surface area contributed by atoms with Crippen molar-refractivity contribution in [2.45, 2.75) is 0 Å². The molecule has 2 heterocycles. The highest BCUT2D eigenvalue weighted by molar-refractivity contribution is 6.30. The van der Waals surface area contributed by atoms with Crippen molar-refractivity contribution in [3.8, 4) is 0 Å². The summed E-state index contributed by atoms with van der Waals surface area (Å²) in [6.07, 6.45) is 1.46. The van der Waals surface area contributed by atoms with Gasteiger partial charge in [-0.15, -0.1) is 0 Å². The molecule has 5 nitrogen and oxygen atoms in total. The fourth-order valence-electron chi connectivity index (χ4n) is 1.20. The third-order valence-corrected chi connectivity index (χ3v) is 2.62. The summed E-state index contributed by atoms with van der Waals surface area (Å²) in [5.74, 6) is -0.350. The van der Waals surface area contributed by atoms with Crippen LogP contribution in [0.4, 0.5) is 5.69 Å². The quantitative estimate of drug-likeness (QED) is 0.853. The highest BCUT2D eigenvalue weighted by Gasteiger charge is 2.11. The molecule has 0 aromatic carbocycles. The van der Waals surface area contributed by atoms with Crippen LogP contribution in [0, 0.1) is 0 Å². The Hall–Kier alpha value is -1.59. The van der Waals surface area contributed by atoms with E-state index in [1.54, 1.807) is 19.2 Å². The summed E-state index contributed by atoms with van der Waals surface area (Å²) < 4.78 is 1.41. The topological polar surface area (TPSA) is 59.8 Å². The predicted molar refractivity (Wildman–Crippen MR) is 65.4 cm³/mol. The lowest BCUT2D eigenvalue weighted by molar-refractivity contribution is 0.102.